The largest absolute Gasteiger partial charge is 0.397 e. The number of benzene rings is 1. The second-order valence-electron chi connectivity index (χ2n) is 3.49. The Labute approximate surface area is 103 Å². The molecule has 0 aliphatic rings. The topological polar surface area (TPSA) is 81.2 Å². The van der Waals surface area contributed by atoms with Crippen LogP contribution in [0.25, 0.3) is 0 Å². The molecule has 17 heavy (non-hydrogen) atoms. The summed E-state index contributed by atoms with van der Waals surface area (Å²) in [7, 11) is 0. The van der Waals surface area contributed by atoms with Crippen LogP contribution in [0.4, 0.5) is 11.4 Å². The van der Waals surface area contributed by atoms with E-state index in [2.05, 4.69) is 10.5 Å². The van der Waals surface area contributed by atoms with Crippen LogP contribution in [0.5, 0.6) is 0 Å². The first kappa shape index (κ1) is 11.5. The second-order valence-corrected chi connectivity index (χ2v) is 3.90. The molecule has 0 saturated heterocycles. The van der Waals surface area contributed by atoms with Crippen LogP contribution >= 0.6 is 11.6 Å². The number of nitrogens with one attached hydrogen (secondary N) is 1. The lowest BCUT2D eigenvalue weighted by molar-refractivity contribution is 0.0988. The number of aryl methyl sites for hydroxylation is 1. The molecule has 1 amide bonds. The predicted molar refractivity (Wildman–Crippen MR) is 65.1 cm³/mol. The minimum absolute atomic E-state index is 0.113. The number of carbonyl (C=O) groups is 1. The summed E-state index contributed by atoms with van der Waals surface area (Å²) in [4.78, 5) is 11.8. The molecular formula is C11H10ClN3O2. The molecule has 0 bridgehead atoms. The van der Waals surface area contributed by atoms with E-state index in [1.165, 1.54) is 6.07 Å². The van der Waals surface area contributed by atoms with Gasteiger partial charge >= 0.3 is 0 Å². The number of aromatic nitrogens is 1. The van der Waals surface area contributed by atoms with Crippen molar-refractivity contribution in [3.63, 3.8) is 0 Å². The van der Waals surface area contributed by atoms with E-state index in [1.54, 1.807) is 25.1 Å². The summed E-state index contributed by atoms with van der Waals surface area (Å²) >= 11 is 5.93. The number of nitrogen functional groups attached to an aromatic ring is 1. The van der Waals surface area contributed by atoms with Gasteiger partial charge in [-0.15, -0.1) is 0 Å². The van der Waals surface area contributed by atoms with Gasteiger partial charge in [0.25, 0.3) is 5.91 Å². The van der Waals surface area contributed by atoms with Crippen molar-refractivity contribution in [3.8, 4) is 0 Å². The molecule has 0 spiro atoms. The van der Waals surface area contributed by atoms with E-state index >= 15 is 0 Å². The van der Waals surface area contributed by atoms with Gasteiger partial charge in [-0.3, -0.25) is 4.79 Å². The fourth-order valence-electron chi connectivity index (χ4n) is 1.32. The Morgan fingerprint density at radius 1 is 1.53 bits per heavy atom. The molecular weight excluding hydrogens is 242 g/mol. The first-order chi connectivity index (χ1) is 8.08. The average Bonchev–Trinajstić information content (AvgIpc) is 2.70. The van der Waals surface area contributed by atoms with Crippen LogP contribution in [0.1, 0.15) is 16.2 Å². The number of nitrogens with two attached hydrogens (primary N) is 1. The second kappa shape index (κ2) is 4.47. The van der Waals surface area contributed by atoms with Crippen molar-refractivity contribution in [2.75, 3.05) is 11.1 Å². The Morgan fingerprint density at radius 3 is 2.88 bits per heavy atom. The molecule has 3 N–H and O–H groups in total. The maximum Gasteiger partial charge on any atom is 0.294 e. The number of rotatable bonds is 2. The SMILES string of the molecule is Cc1cc(C(=O)Nc2c(N)cccc2Cl)on1. The molecule has 1 aromatic heterocycles. The molecule has 1 heterocycles. The van der Waals surface area contributed by atoms with Crippen molar-refractivity contribution < 1.29 is 9.32 Å². The number of carbonyl (C=O) groups excluding carboxylic acids is 1. The van der Waals surface area contributed by atoms with Gasteiger partial charge < -0.3 is 15.6 Å². The van der Waals surface area contributed by atoms with Gasteiger partial charge in [-0.1, -0.05) is 22.8 Å². The van der Waals surface area contributed by atoms with Gasteiger partial charge in [0.1, 0.15) is 0 Å². The maximum absolute atomic E-state index is 11.8. The number of anilines is 2. The van der Waals surface area contributed by atoms with Crippen molar-refractivity contribution in [1.29, 1.82) is 0 Å². The van der Waals surface area contributed by atoms with Crippen LogP contribution in [-0.4, -0.2) is 11.1 Å². The summed E-state index contributed by atoms with van der Waals surface area (Å²) in [6, 6.07) is 6.51. The summed E-state index contributed by atoms with van der Waals surface area (Å²) in [5, 5.41) is 6.57. The van der Waals surface area contributed by atoms with E-state index in [9.17, 15) is 4.79 Å². The average molecular weight is 252 g/mol. The lowest BCUT2D eigenvalue weighted by Gasteiger charge is -2.07. The third kappa shape index (κ3) is 2.39. The highest BCUT2D eigenvalue weighted by atomic mass is 35.5. The molecule has 1 aromatic carbocycles. The van der Waals surface area contributed by atoms with Crippen molar-refractivity contribution in [2.24, 2.45) is 0 Å². The van der Waals surface area contributed by atoms with Gasteiger partial charge in [0.15, 0.2) is 0 Å². The highest BCUT2D eigenvalue weighted by Gasteiger charge is 2.14. The summed E-state index contributed by atoms with van der Waals surface area (Å²) in [6.45, 7) is 1.73. The zero-order chi connectivity index (χ0) is 12.4. The Bertz CT molecular complexity index is 545. The van der Waals surface area contributed by atoms with E-state index < -0.39 is 5.91 Å². The van der Waals surface area contributed by atoms with Crippen LogP contribution in [0.2, 0.25) is 5.02 Å². The Morgan fingerprint density at radius 2 is 2.29 bits per heavy atom. The first-order valence-electron chi connectivity index (χ1n) is 4.86. The van der Waals surface area contributed by atoms with Gasteiger partial charge in [-0.25, -0.2) is 0 Å². The highest BCUT2D eigenvalue weighted by Crippen LogP contribution is 2.28. The minimum atomic E-state index is -0.439. The summed E-state index contributed by atoms with van der Waals surface area (Å²) in [6.07, 6.45) is 0. The van der Waals surface area contributed by atoms with Gasteiger partial charge in [0, 0.05) is 6.07 Å². The van der Waals surface area contributed by atoms with E-state index in [0.29, 0.717) is 22.1 Å². The molecule has 0 saturated carbocycles. The van der Waals surface area contributed by atoms with Gasteiger partial charge in [0.05, 0.1) is 22.1 Å². The molecule has 0 unspecified atom stereocenters. The molecule has 0 atom stereocenters. The minimum Gasteiger partial charge on any atom is -0.397 e. The van der Waals surface area contributed by atoms with E-state index in [-0.39, 0.29) is 5.76 Å². The number of halogens is 1. The van der Waals surface area contributed by atoms with Gasteiger partial charge in [-0.2, -0.15) is 0 Å². The van der Waals surface area contributed by atoms with Crippen LogP contribution in [-0.2, 0) is 0 Å². The zero-order valence-electron chi connectivity index (χ0n) is 9.03. The number of hydrogen-bond acceptors (Lipinski definition) is 4. The lowest BCUT2D eigenvalue weighted by atomic mass is 10.2. The van der Waals surface area contributed by atoms with Gasteiger partial charge in [0.2, 0.25) is 5.76 Å². The fourth-order valence-corrected chi connectivity index (χ4v) is 1.55. The van der Waals surface area contributed by atoms with E-state index in [4.69, 9.17) is 21.9 Å². The molecule has 0 aliphatic carbocycles. The maximum atomic E-state index is 11.8. The number of hydrogen-bond donors (Lipinski definition) is 2. The zero-order valence-corrected chi connectivity index (χ0v) is 9.78. The monoisotopic (exact) mass is 251 g/mol. The Hall–Kier alpha value is -2.01. The van der Waals surface area contributed by atoms with E-state index in [0.717, 1.165) is 0 Å². The smallest absolute Gasteiger partial charge is 0.294 e. The standard InChI is InChI=1S/C11H10ClN3O2/c1-6-5-9(17-15-6)11(16)14-10-7(12)3-2-4-8(10)13/h2-5H,13H2,1H3,(H,14,16). The van der Waals surface area contributed by atoms with Crippen LogP contribution in [0, 0.1) is 6.92 Å². The van der Waals surface area contributed by atoms with Crippen molar-refractivity contribution in [1.82, 2.24) is 5.16 Å². The highest BCUT2D eigenvalue weighted by molar-refractivity contribution is 6.34. The number of para-hydroxylation sites is 1. The van der Waals surface area contributed by atoms with Gasteiger partial charge in [-0.05, 0) is 19.1 Å². The third-order valence-corrected chi connectivity index (χ3v) is 2.45. The third-order valence-electron chi connectivity index (χ3n) is 2.14. The lowest BCUT2D eigenvalue weighted by Crippen LogP contribution is -2.12. The van der Waals surface area contributed by atoms with Crippen molar-refractivity contribution in [2.45, 2.75) is 6.92 Å². The quantitative estimate of drug-likeness (QED) is 0.804. The molecule has 0 fully saturated rings. The molecule has 6 heteroatoms. The fraction of sp³-hybridized carbons (Fsp3) is 0.0909. The van der Waals surface area contributed by atoms with E-state index in [1.807, 2.05) is 0 Å². The van der Waals surface area contributed by atoms with Crippen molar-refractivity contribution >= 4 is 28.9 Å². The Kier molecular flexibility index (Phi) is 3.01. The Balaban J connectivity index is 2.24. The summed E-state index contributed by atoms with van der Waals surface area (Å²) in [5.41, 5.74) is 7.09. The number of amides is 1. The van der Waals surface area contributed by atoms with Crippen LogP contribution < -0.4 is 11.1 Å². The summed E-state index contributed by atoms with van der Waals surface area (Å²) < 4.78 is 4.83. The predicted octanol–water partition coefficient (Wildman–Crippen LogP) is 2.47. The number of nitrogens with zero attached hydrogens (tertiary/aromatic N) is 1. The molecule has 0 radical (unpaired) electrons. The summed E-state index contributed by atoms with van der Waals surface area (Å²) in [5.74, 6) is -0.327. The van der Waals surface area contributed by atoms with Crippen molar-refractivity contribution in [3.05, 3.63) is 40.7 Å². The molecule has 2 aromatic rings. The molecule has 5 nitrogen and oxygen atoms in total. The molecule has 2 rings (SSSR count). The van der Waals surface area contributed by atoms with Crippen LogP contribution in [0.15, 0.2) is 28.8 Å². The molecule has 88 valence electrons. The first-order valence-corrected chi connectivity index (χ1v) is 5.24. The molecule has 0 aliphatic heterocycles. The normalized spacial score (nSPS) is 10.2. The van der Waals surface area contributed by atoms with Crippen LogP contribution in [0.3, 0.4) is 0 Å².